The molecule has 4 aromatic rings. The van der Waals surface area contributed by atoms with Gasteiger partial charge in [0.1, 0.15) is 5.82 Å². The van der Waals surface area contributed by atoms with E-state index < -0.39 is 0 Å². The van der Waals surface area contributed by atoms with E-state index in [2.05, 4.69) is 21.8 Å². The van der Waals surface area contributed by atoms with Gasteiger partial charge in [-0.3, -0.25) is 4.68 Å². The molecular weight excluding hydrogens is 348 g/mol. The van der Waals surface area contributed by atoms with Crippen LogP contribution in [-0.4, -0.2) is 33.0 Å². The molecule has 0 unspecified atom stereocenters. The van der Waals surface area contributed by atoms with Crippen molar-refractivity contribution in [2.45, 2.75) is 13.1 Å². The zero-order valence-electron chi connectivity index (χ0n) is 14.5. The Bertz CT molecular complexity index is 1020. The van der Waals surface area contributed by atoms with Crippen LogP contribution in [0.3, 0.4) is 0 Å². The van der Waals surface area contributed by atoms with E-state index in [0.29, 0.717) is 18.2 Å². The molecule has 0 aliphatic rings. The van der Waals surface area contributed by atoms with Gasteiger partial charge in [0.15, 0.2) is 0 Å². The van der Waals surface area contributed by atoms with Crippen LogP contribution in [0.4, 0.5) is 0 Å². The Morgan fingerprint density at radius 3 is 2.77 bits per heavy atom. The van der Waals surface area contributed by atoms with Crippen LogP contribution in [0, 0.1) is 0 Å². The number of hydrogen-bond acceptors (Lipinski definition) is 3. The van der Waals surface area contributed by atoms with Crippen LogP contribution in [0.25, 0.3) is 22.4 Å². The van der Waals surface area contributed by atoms with Gasteiger partial charge in [0.2, 0.25) is 0 Å². The quantitative estimate of drug-likeness (QED) is 0.512. The molecular formula is C20H19ClN4O. The molecule has 0 saturated carbocycles. The van der Waals surface area contributed by atoms with Crippen LogP contribution in [0.5, 0.6) is 0 Å². The molecule has 0 N–H and O–H groups in total. The lowest BCUT2D eigenvalue weighted by molar-refractivity contribution is 0.183. The van der Waals surface area contributed by atoms with Crippen LogP contribution in [0.1, 0.15) is 5.56 Å². The van der Waals surface area contributed by atoms with Crippen molar-refractivity contribution in [3.05, 3.63) is 71.5 Å². The molecule has 26 heavy (non-hydrogen) atoms. The van der Waals surface area contributed by atoms with E-state index >= 15 is 0 Å². The molecule has 0 aliphatic heterocycles. The molecule has 0 fully saturated rings. The Morgan fingerprint density at radius 2 is 1.96 bits per heavy atom. The zero-order valence-corrected chi connectivity index (χ0v) is 15.2. The maximum Gasteiger partial charge on any atom is 0.144 e. The number of imidazole rings is 1. The monoisotopic (exact) mass is 366 g/mol. The Hall–Kier alpha value is -2.63. The SMILES string of the molecule is COCCn1cc(-c2nc3cc(Cl)ccc3n2Cc2ccccc2)cn1. The highest BCUT2D eigenvalue weighted by Gasteiger charge is 2.15. The van der Waals surface area contributed by atoms with Crippen LogP contribution < -0.4 is 0 Å². The lowest BCUT2D eigenvalue weighted by Gasteiger charge is -2.08. The van der Waals surface area contributed by atoms with Crippen molar-refractivity contribution in [2.24, 2.45) is 0 Å². The maximum absolute atomic E-state index is 6.17. The number of fused-ring (bicyclic) bond motifs is 1. The highest BCUT2D eigenvalue weighted by Crippen LogP contribution is 2.27. The van der Waals surface area contributed by atoms with Gasteiger partial charge in [-0.25, -0.2) is 4.98 Å². The lowest BCUT2D eigenvalue weighted by Crippen LogP contribution is -2.04. The Morgan fingerprint density at radius 1 is 1.12 bits per heavy atom. The molecule has 0 saturated heterocycles. The van der Waals surface area contributed by atoms with Crippen LogP contribution in [0.15, 0.2) is 60.9 Å². The summed E-state index contributed by atoms with van der Waals surface area (Å²) < 4.78 is 9.21. The Kier molecular flexibility index (Phi) is 4.73. The largest absolute Gasteiger partial charge is 0.383 e. The number of rotatable bonds is 6. The third kappa shape index (κ3) is 3.36. The zero-order chi connectivity index (χ0) is 17.9. The fraction of sp³-hybridized carbons (Fsp3) is 0.200. The molecule has 0 spiro atoms. The minimum absolute atomic E-state index is 0.622. The summed E-state index contributed by atoms with van der Waals surface area (Å²) in [7, 11) is 1.69. The van der Waals surface area contributed by atoms with Crippen molar-refractivity contribution in [3.63, 3.8) is 0 Å². The summed E-state index contributed by atoms with van der Waals surface area (Å²) in [6, 6.07) is 16.2. The number of methoxy groups -OCH3 is 1. The van der Waals surface area contributed by atoms with Gasteiger partial charge in [0.05, 0.1) is 35.9 Å². The van der Waals surface area contributed by atoms with Crippen molar-refractivity contribution in [3.8, 4) is 11.4 Å². The standard InChI is InChI=1S/C20H19ClN4O/c1-26-10-9-24-14-16(12-22-24)20-23-18-11-17(21)7-8-19(18)25(20)13-15-5-3-2-4-6-15/h2-8,11-12,14H,9-10,13H2,1H3. The first-order chi connectivity index (χ1) is 12.7. The van der Waals surface area contributed by atoms with Gasteiger partial charge in [-0.15, -0.1) is 0 Å². The number of hydrogen-bond donors (Lipinski definition) is 0. The summed E-state index contributed by atoms with van der Waals surface area (Å²) >= 11 is 6.17. The van der Waals surface area contributed by atoms with Crippen molar-refractivity contribution < 1.29 is 4.74 Å². The van der Waals surface area contributed by atoms with Crippen molar-refractivity contribution in [2.75, 3.05) is 13.7 Å². The Labute approximate surface area is 156 Å². The topological polar surface area (TPSA) is 44.9 Å². The maximum atomic E-state index is 6.17. The molecule has 2 aromatic carbocycles. The minimum Gasteiger partial charge on any atom is -0.383 e. The highest BCUT2D eigenvalue weighted by molar-refractivity contribution is 6.31. The van der Waals surface area contributed by atoms with E-state index in [0.717, 1.165) is 29.0 Å². The average Bonchev–Trinajstić information content (AvgIpc) is 3.25. The number of nitrogens with zero attached hydrogens (tertiary/aromatic N) is 4. The summed E-state index contributed by atoms with van der Waals surface area (Å²) in [5.41, 5.74) is 4.13. The molecule has 0 aliphatic carbocycles. The molecule has 132 valence electrons. The number of ether oxygens (including phenoxy) is 1. The summed E-state index contributed by atoms with van der Waals surface area (Å²) in [5, 5.41) is 5.11. The summed E-state index contributed by atoms with van der Waals surface area (Å²) in [5.74, 6) is 0.884. The van der Waals surface area contributed by atoms with E-state index in [1.165, 1.54) is 5.56 Å². The van der Waals surface area contributed by atoms with E-state index in [4.69, 9.17) is 21.3 Å². The van der Waals surface area contributed by atoms with Crippen molar-refractivity contribution in [1.29, 1.82) is 0 Å². The second-order valence-electron chi connectivity index (χ2n) is 6.13. The minimum atomic E-state index is 0.622. The molecule has 2 aromatic heterocycles. The van der Waals surface area contributed by atoms with E-state index in [1.54, 1.807) is 7.11 Å². The van der Waals surface area contributed by atoms with Crippen LogP contribution in [-0.2, 0) is 17.8 Å². The second-order valence-corrected chi connectivity index (χ2v) is 6.56. The van der Waals surface area contributed by atoms with Gasteiger partial charge in [0, 0.05) is 24.9 Å². The molecule has 5 nitrogen and oxygen atoms in total. The van der Waals surface area contributed by atoms with E-state index in [1.807, 2.05) is 53.5 Å². The van der Waals surface area contributed by atoms with Crippen LogP contribution in [0.2, 0.25) is 5.02 Å². The molecule has 6 heteroatoms. The lowest BCUT2D eigenvalue weighted by atomic mass is 10.2. The summed E-state index contributed by atoms with van der Waals surface area (Å²) in [4.78, 5) is 4.83. The molecule has 0 bridgehead atoms. The fourth-order valence-corrected chi connectivity index (χ4v) is 3.20. The predicted octanol–water partition coefficient (Wildman–Crippen LogP) is 4.25. The van der Waals surface area contributed by atoms with Crippen LogP contribution >= 0.6 is 11.6 Å². The first kappa shape index (κ1) is 16.8. The second kappa shape index (κ2) is 7.32. The van der Waals surface area contributed by atoms with Gasteiger partial charge in [0.25, 0.3) is 0 Å². The molecule has 4 rings (SSSR count). The number of benzene rings is 2. The molecule has 0 amide bonds. The summed E-state index contributed by atoms with van der Waals surface area (Å²) in [6.07, 6.45) is 3.85. The molecule has 0 atom stereocenters. The van der Waals surface area contributed by atoms with Gasteiger partial charge in [-0.2, -0.15) is 5.10 Å². The number of halogens is 1. The van der Waals surface area contributed by atoms with Crippen molar-refractivity contribution in [1.82, 2.24) is 19.3 Å². The first-order valence-electron chi connectivity index (χ1n) is 8.46. The van der Waals surface area contributed by atoms with Gasteiger partial charge in [-0.1, -0.05) is 41.9 Å². The molecule has 2 heterocycles. The smallest absolute Gasteiger partial charge is 0.144 e. The van der Waals surface area contributed by atoms with Gasteiger partial charge in [-0.05, 0) is 23.8 Å². The average molecular weight is 367 g/mol. The molecule has 0 radical (unpaired) electrons. The summed E-state index contributed by atoms with van der Waals surface area (Å²) in [6.45, 7) is 2.07. The highest BCUT2D eigenvalue weighted by atomic mass is 35.5. The third-order valence-corrected chi connectivity index (χ3v) is 4.54. The van der Waals surface area contributed by atoms with E-state index in [9.17, 15) is 0 Å². The van der Waals surface area contributed by atoms with Gasteiger partial charge < -0.3 is 9.30 Å². The van der Waals surface area contributed by atoms with Crippen molar-refractivity contribution >= 4 is 22.6 Å². The number of aromatic nitrogens is 4. The predicted molar refractivity (Wildman–Crippen MR) is 103 cm³/mol. The normalized spacial score (nSPS) is 11.3. The van der Waals surface area contributed by atoms with E-state index in [-0.39, 0.29) is 0 Å². The Balaban J connectivity index is 1.79. The first-order valence-corrected chi connectivity index (χ1v) is 8.84. The fourth-order valence-electron chi connectivity index (χ4n) is 3.04. The third-order valence-electron chi connectivity index (χ3n) is 4.31. The van der Waals surface area contributed by atoms with Gasteiger partial charge >= 0.3 is 0 Å².